The van der Waals surface area contributed by atoms with E-state index in [0.29, 0.717) is 18.1 Å². The molecule has 2 rings (SSSR count). The van der Waals surface area contributed by atoms with Crippen LogP contribution in [0.25, 0.3) is 0 Å². The molecule has 0 saturated carbocycles. The number of nitrogens with one attached hydrogen (secondary N) is 1. The Morgan fingerprint density at radius 1 is 1.08 bits per heavy atom. The van der Waals surface area contributed by atoms with Gasteiger partial charge in [-0.2, -0.15) is 0 Å². The Morgan fingerprint density at radius 3 is 2.44 bits per heavy atom. The van der Waals surface area contributed by atoms with Gasteiger partial charge in [-0.25, -0.2) is 13.1 Å². The van der Waals surface area contributed by atoms with Crippen LogP contribution < -0.4 is 4.72 Å². The van der Waals surface area contributed by atoms with Crippen molar-refractivity contribution in [1.82, 2.24) is 9.62 Å². The Morgan fingerprint density at radius 2 is 1.80 bits per heavy atom. The van der Waals surface area contributed by atoms with Crippen LogP contribution in [0.4, 0.5) is 0 Å². The molecule has 0 aliphatic heterocycles. The van der Waals surface area contributed by atoms with Crippen molar-refractivity contribution in [2.75, 3.05) is 19.6 Å². The molecule has 1 amide bonds. The van der Waals surface area contributed by atoms with Crippen LogP contribution in [-0.2, 0) is 21.2 Å². The van der Waals surface area contributed by atoms with Gasteiger partial charge in [-0.05, 0) is 30.2 Å². The Balaban J connectivity index is 1.89. The first-order valence-corrected chi connectivity index (χ1v) is 9.79. The van der Waals surface area contributed by atoms with E-state index in [1.165, 1.54) is 19.1 Å². The molecule has 0 bridgehead atoms. The van der Waals surface area contributed by atoms with Crippen molar-refractivity contribution in [3.63, 3.8) is 0 Å². The molecular weight excluding hydrogens is 360 g/mol. The van der Waals surface area contributed by atoms with Crippen LogP contribution in [-0.4, -0.2) is 38.9 Å². The number of halogens is 1. The van der Waals surface area contributed by atoms with E-state index < -0.39 is 10.0 Å². The molecule has 0 radical (unpaired) electrons. The molecule has 134 valence electrons. The van der Waals surface area contributed by atoms with Crippen LogP contribution in [0.5, 0.6) is 0 Å². The normalized spacial score (nSPS) is 11.3. The highest BCUT2D eigenvalue weighted by molar-refractivity contribution is 7.89. The summed E-state index contributed by atoms with van der Waals surface area (Å²) in [4.78, 5) is 13.5. The summed E-state index contributed by atoms with van der Waals surface area (Å²) in [6.07, 6.45) is 0.724. The van der Waals surface area contributed by atoms with Gasteiger partial charge in [0.15, 0.2) is 0 Å². The molecule has 7 heteroatoms. The first kappa shape index (κ1) is 19.4. The first-order chi connectivity index (χ1) is 11.9. The monoisotopic (exact) mass is 380 g/mol. The number of hydrogen-bond donors (Lipinski definition) is 1. The van der Waals surface area contributed by atoms with E-state index in [1.807, 2.05) is 30.3 Å². The predicted octanol–water partition coefficient (Wildman–Crippen LogP) is 2.71. The lowest BCUT2D eigenvalue weighted by atomic mass is 10.1. The summed E-state index contributed by atoms with van der Waals surface area (Å²) in [5.41, 5.74) is 1.13. The second kappa shape index (κ2) is 8.99. The van der Waals surface area contributed by atoms with E-state index in [2.05, 4.69) is 4.72 Å². The molecule has 0 unspecified atom stereocenters. The zero-order chi connectivity index (χ0) is 18.3. The average molecular weight is 381 g/mol. The number of rotatable bonds is 8. The maximum absolute atomic E-state index is 12.2. The zero-order valence-electron chi connectivity index (χ0n) is 14.0. The topological polar surface area (TPSA) is 66.5 Å². The lowest BCUT2D eigenvalue weighted by Crippen LogP contribution is -2.38. The van der Waals surface area contributed by atoms with Crippen LogP contribution in [0.15, 0.2) is 59.5 Å². The molecule has 0 saturated heterocycles. The highest BCUT2D eigenvalue weighted by atomic mass is 35.5. The highest BCUT2D eigenvalue weighted by Gasteiger charge is 2.15. The summed E-state index contributed by atoms with van der Waals surface area (Å²) < 4.78 is 27.0. The first-order valence-electron chi connectivity index (χ1n) is 7.93. The van der Waals surface area contributed by atoms with Gasteiger partial charge in [0.2, 0.25) is 15.9 Å². The Kier molecular flexibility index (Phi) is 6.99. The molecule has 0 spiro atoms. The van der Waals surface area contributed by atoms with Crippen LogP contribution >= 0.6 is 11.6 Å². The van der Waals surface area contributed by atoms with Gasteiger partial charge in [0.25, 0.3) is 0 Å². The van der Waals surface area contributed by atoms with Crippen LogP contribution in [0.1, 0.15) is 12.5 Å². The van der Waals surface area contributed by atoms with Gasteiger partial charge >= 0.3 is 0 Å². The fraction of sp³-hybridized carbons (Fsp3) is 0.278. The number of benzene rings is 2. The van der Waals surface area contributed by atoms with Crippen molar-refractivity contribution >= 4 is 27.5 Å². The molecule has 5 nitrogen and oxygen atoms in total. The van der Waals surface area contributed by atoms with Crippen molar-refractivity contribution in [2.24, 2.45) is 0 Å². The minimum atomic E-state index is -3.64. The molecule has 2 aromatic rings. The molecule has 0 heterocycles. The van der Waals surface area contributed by atoms with Crippen molar-refractivity contribution in [3.8, 4) is 0 Å². The molecule has 2 aromatic carbocycles. The summed E-state index contributed by atoms with van der Waals surface area (Å²) in [6.45, 7) is 2.47. The summed E-state index contributed by atoms with van der Waals surface area (Å²) in [6, 6.07) is 15.9. The third-order valence-electron chi connectivity index (χ3n) is 3.74. The van der Waals surface area contributed by atoms with E-state index in [-0.39, 0.29) is 17.3 Å². The van der Waals surface area contributed by atoms with Gasteiger partial charge in [-0.1, -0.05) is 48.0 Å². The highest BCUT2D eigenvalue weighted by Crippen LogP contribution is 2.15. The minimum Gasteiger partial charge on any atom is -0.341 e. The number of hydrogen-bond acceptors (Lipinski definition) is 3. The fourth-order valence-electron chi connectivity index (χ4n) is 2.37. The van der Waals surface area contributed by atoms with E-state index >= 15 is 0 Å². The van der Waals surface area contributed by atoms with Crippen LogP contribution in [0, 0.1) is 0 Å². The van der Waals surface area contributed by atoms with Crippen molar-refractivity contribution in [2.45, 2.75) is 18.2 Å². The van der Waals surface area contributed by atoms with Crippen LogP contribution in [0.3, 0.4) is 0 Å². The lowest BCUT2D eigenvalue weighted by molar-refractivity contribution is -0.128. The van der Waals surface area contributed by atoms with Crippen molar-refractivity contribution in [1.29, 1.82) is 0 Å². The van der Waals surface area contributed by atoms with E-state index in [9.17, 15) is 13.2 Å². The van der Waals surface area contributed by atoms with E-state index in [4.69, 9.17) is 11.6 Å². The fourth-order valence-corrected chi connectivity index (χ4v) is 3.69. The van der Waals surface area contributed by atoms with E-state index in [0.717, 1.165) is 12.0 Å². The summed E-state index contributed by atoms with van der Waals surface area (Å²) in [5.74, 6) is -0.0853. The number of carbonyl (C=O) groups is 1. The predicted molar refractivity (Wildman–Crippen MR) is 99.0 cm³/mol. The molecule has 0 atom stereocenters. The molecule has 0 aliphatic carbocycles. The summed E-state index contributed by atoms with van der Waals surface area (Å²) >= 11 is 5.83. The Hall–Kier alpha value is -1.89. The average Bonchev–Trinajstić information content (AvgIpc) is 2.58. The zero-order valence-corrected chi connectivity index (χ0v) is 15.6. The summed E-state index contributed by atoms with van der Waals surface area (Å²) in [7, 11) is -3.64. The van der Waals surface area contributed by atoms with Gasteiger partial charge in [0.1, 0.15) is 0 Å². The standard InChI is InChI=1S/C18H21ClN2O3S/c1-15(22)21(12-10-16-6-3-2-4-7-16)13-11-20-25(23,24)18-9-5-8-17(19)14-18/h2-9,14,20H,10-13H2,1H3. The van der Waals surface area contributed by atoms with Gasteiger partial charge in [0, 0.05) is 31.6 Å². The second-order valence-corrected chi connectivity index (χ2v) is 7.80. The van der Waals surface area contributed by atoms with Crippen molar-refractivity contribution < 1.29 is 13.2 Å². The maximum atomic E-state index is 12.2. The molecule has 1 N–H and O–H groups in total. The Labute approximate surface area is 153 Å². The quantitative estimate of drug-likeness (QED) is 0.765. The molecular formula is C18H21ClN2O3S. The maximum Gasteiger partial charge on any atom is 0.240 e. The summed E-state index contributed by atoms with van der Waals surface area (Å²) in [5, 5.41) is 0.357. The SMILES string of the molecule is CC(=O)N(CCNS(=O)(=O)c1cccc(Cl)c1)CCc1ccccc1. The van der Waals surface area contributed by atoms with Gasteiger partial charge in [-0.3, -0.25) is 4.79 Å². The lowest BCUT2D eigenvalue weighted by Gasteiger charge is -2.21. The van der Waals surface area contributed by atoms with Gasteiger partial charge < -0.3 is 4.90 Å². The van der Waals surface area contributed by atoms with Gasteiger partial charge in [0.05, 0.1) is 4.90 Å². The molecule has 0 aliphatic rings. The largest absolute Gasteiger partial charge is 0.341 e. The number of sulfonamides is 1. The van der Waals surface area contributed by atoms with Gasteiger partial charge in [-0.15, -0.1) is 0 Å². The number of carbonyl (C=O) groups excluding carboxylic acids is 1. The molecule has 0 fully saturated rings. The molecule has 25 heavy (non-hydrogen) atoms. The number of amides is 1. The third kappa shape index (κ3) is 6.16. The smallest absolute Gasteiger partial charge is 0.240 e. The van der Waals surface area contributed by atoms with E-state index in [1.54, 1.807) is 17.0 Å². The molecule has 0 aromatic heterocycles. The second-order valence-electron chi connectivity index (χ2n) is 5.60. The minimum absolute atomic E-state index is 0.0853. The Bertz CT molecular complexity index is 810. The third-order valence-corrected chi connectivity index (χ3v) is 5.43. The number of nitrogens with zero attached hydrogens (tertiary/aromatic N) is 1. The van der Waals surface area contributed by atoms with Crippen molar-refractivity contribution in [3.05, 3.63) is 65.2 Å². The van der Waals surface area contributed by atoms with Crippen LogP contribution in [0.2, 0.25) is 5.02 Å².